The summed E-state index contributed by atoms with van der Waals surface area (Å²) in [5.41, 5.74) is 5.53. The zero-order chi connectivity index (χ0) is 9.14. The average Bonchev–Trinajstić information content (AvgIpc) is 2.33. The standard InChI is InChI=1S/C6H14N6/c1-5(4-11(2)3)12-6(7)8-9-10-12/h5H,4H2,1-3H3,(H2,7,8,10). The minimum Gasteiger partial charge on any atom is -0.367 e. The molecule has 0 saturated heterocycles. The number of tetrazole rings is 1. The van der Waals surface area contributed by atoms with Crippen molar-refractivity contribution in [2.24, 2.45) is 0 Å². The molecule has 6 nitrogen and oxygen atoms in total. The van der Waals surface area contributed by atoms with E-state index in [1.54, 1.807) is 4.68 Å². The number of hydrogen-bond donors (Lipinski definition) is 1. The van der Waals surface area contributed by atoms with Gasteiger partial charge in [-0.1, -0.05) is 5.10 Å². The molecule has 1 rings (SSSR count). The van der Waals surface area contributed by atoms with Crippen molar-refractivity contribution in [3.05, 3.63) is 0 Å². The Labute approximate surface area is 71.3 Å². The molecule has 0 saturated carbocycles. The molecule has 0 spiro atoms. The van der Waals surface area contributed by atoms with Crippen molar-refractivity contribution in [2.75, 3.05) is 26.4 Å². The minimum absolute atomic E-state index is 0.204. The minimum atomic E-state index is 0.204. The monoisotopic (exact) mass is 170 g/mol. The van der Waals surface area contributed by atoms with Crippen molar-refractivity contribution in [2.45, 2.75) is 13.0 Å². The molecule has 1 aromatic heterocycles. The highest BCUT2D eigenvalue weighted by Gasteiger charge is 2.10. The molecule has 2 N–H and O–H groups in total. The first-order valence-electron chi connectivity index (χ1n) is 3.79. The summed E-state index contributed by atoms with van der Waals surface area (Å²) < 4.78 is 1.61. The molecule has 12 heavy (non-hydrogen) atoms. The molecule has 1 aromatic rings. The Hall–Kier alpha value is -1.17. The third-order valence-corrected chi connectivity index (χ3v) is 1.57. The van der Waals surface area contributed by atoms with E-state index >= 15 is 0 Å². The molecule has 0 aliphatic heterocycles. The van der Waals surface area contributed by atoms with Gasteiger partial charge in [0.25, 0.3) is 0 Å². The Kier molecular flexibility index (Phi) is 2.59. The molecule has 0 aliphatic carbocycles. The zero-order valence-electron chi connectivity index (χ0n) is 7.60. The second-order valence-electron chi connectivity index (χ2n) is 3.09. The van der Waals surface area contributed by atoms with Crippen LogP contribution in [0.4, 0.5) is 5.95 Å². The molecule has 0 aliphatic rings. The lowest BCUT2D eigenvalue weighted by Crippen LogP contribution is -2.24. The number of rotatable bonds is 3. The Balaban J connectivity index is 2.65. The quantitative estimate of drug-likeness (QED) is 0.654. The van der Waals surface area contributed by atoms with E-state index in [0.29, 0.717) is 5.95 Å². The van der Waals surface area contributed by atoms with Gasteiger partial charge in [-0.3, -0.25) is 0 Å². The van der Waals surface area contributed by atoms with E-state index < -0.39 is 0 Å². The van der Waals surface area contributed by atoms with Crippen molar-refractivity contribution >= 4 is 5.95 Å². The predicted molar refractivity (Wildman–Crippen MR) is 45.5 cm³/mol. The van der Waals surface area contributed by atoms with E-state index in [-0.39, 0.29) is 6.04 Å². The summed E-state index contributed by atoms with van der Waals surface area (Å²) in [6.07, 6.45) is 0. The van der Waals surface area contributed by atoms with Crippen molar-refractivity contribution in [3.63, 3.8) is 0 Å². The van der Waals surface area contributed by atoms with Crippen LogP contribution < -0.4 is 5.73 Å². The Morgan fingerprint density at radius 1 is 1.58 bits per heavy atom. The summed E-state index contributed by atoms with van der Waals surface area (Å²) in [4.78, 5) is 2.06. The number of likely N-dealkylation sites (N-methyl/N-ethyl adjacent to an activating group) is 1. The van der Waals surface area contributed by atoms with Gasteiger partial charge in [-0.15, -0.1) is 0 Å². The lowest BCUT2D eigenvalue weighted by atomic mass is 10.3. The zero-order valence-corrected chi connectivity index (χ0v) is 7.60. The Bertz CT molecular complexity index is 242. The van der Waals surface area contributed by atoms with Crippen LogP contribution in [0.1, 0.15) is 13.0 Å². The maximum absolute atomic E-state index is 5.53. The van der Waals surface area contributed by atoms with Crippen LogP contribution in [0.3, 0.4) is 0 Å². The summed E-state index contributed by atoms with van der Waals surface area (Å²) in [6, 6.07) is 0.204. The van der Waals surface area contributed by atoms with Gasteiger partial charge < -0.3 is 10.6 Å². The van der Waals surface area contributed by atoms with Crippen LogP contribution in [0.5, 0.6) is 0 Å². The number of hydrogen-bond acceptors (Lipinski definition) is 5. The van der Waals surface area contributed by atoms with Gasteiger partial charge in [0.05, 0.1) is 6.04 Å². The lowest BCUT2D eigenvalue weighted by molar-refractivity contribution is 0.321. The number of nitrogen functional groups attached to an aromatic ring is 1. The summed E-state index contributed by atoms with van der Waals surface area (Å²) in [5, 5.41) is 10.8. The van der Waals surface area contributed by atoms with Crippen LogP contribution in [0, 0.1) is 0 Å². The van der Waals surface area contributed by atoms with Crippen molar-refractivity contribution in [3.8, 4) is 0 Å². The largest absolute Gasteiger partial charge is 0.367 e. The van der Waals surface area contributed by atoms with Gasteiger partial charge in [0, 0.05) is 6.54 Å². The fourth-order valence-electron chi connectivity index (χ4n) is 1.12. The van der Waals surface area contributed by atoms with Crippen molar-refractivity contribution in [1.82, 2.24) is 25.1 Å². The smallest absolute Gasteiger partial charge is 0.240 e. The summed E-state index contributed by atoms with van der Waals surface area (Å²) in [5.74, 6) is 0.365. The van der Waals surface area contributed by atoms with Crippen LogP contribution in [0.15, 0.2) is 0 Å². The first-order chi connectivity index (χ1) is 5.61. The molecule has 1 heterocycles. The molecular weight excluding hydrogens is 156 g/mol. The van der Waals surface area contributed by atoms with Crippen molar-refractivity contribution < 1.29 is 0 Å². The van der Waals surface area contributed by atoms with E-state index in [0.717, 1.165) is 6.54 Å². The van der Waals surface area contributed by atoms with Crippen LogP contribution in [0.25, 0.3) is 0 Å². The number of nitrogens with two attached hydrogens (primary N) is 1. The Morgan fingerprint density at radius 2 is 2.25 bits per heavy atom. The molecule has 1 atom stereocenters. The average molecular weight is 170 g/mol. The Morgan fingerprint density at radius 3 is 2.67 bits per heavy atom. The maximum atomic E-state index is 5.53. The van der Waals surface area contributed by atoms with E-state index in [2.05, 4.69) is 20.4 Å². The summed E-state index contributed by atoms with van der Waals surface area (Å²) in [6.45, 7) is 2.89. The van der Waals surface area contributed by atoms with E-state index in [9.17, 15) is 0 Å². The first-order valence-corrected chi connectivity index (χ1v) is 3.79. The van der Waals surface area contributed by atoms with Gasteiger partial charge >= 0.3 is 0 Å². The topological polar surface area (TPSA) is 72.9 Å². The summed E-state index contributed by atoms with van der Waals surface area (Å²) >= 11 is 0. The number of aromatic nitrogens is 4. The predicted octanol–water partition coefficient (Wildman–Crippen LogP) is -0.622. The molecular formula is C6H14N6. The van der Waals surface area contributed by atoms with Gasteiger partial charge in [-0.2, -0.15) is 0 Å². The highest BCUT2D eigenvalue weighted by Crippen LogP contribution is 2.06. The fourth-order valence-corrected chi connectivity index (χ4v) is 1.12. The molecule has 0 amide bonds. The molecule has 68 valence electrons. The van der Waals surface area contributed by atoms with Crippen LogP contribution in [-0.4, -0.2) is 45.7 Å². The third-order valence-electron chi connectivity index (χ3n) is 1.57. The van der Waals surface area contributed by atoms with Crippen LogP contribution in [0.2, 0.25) is 0 Å². The van der Waals surface area contributed by atoms with E-state index in [1.807, 2.05) is 21.0 Å². The van der Waals surface area contributed by atoms with Gasteiger partial charge in [0.1, 0.15) is 0 Å². The maximum Gasteiger partial charge on any atom is 0.240 e. The highest BCUT2D eigenvalue weighted by molar-refractivity contribution is 5.11. The summed E-state index contributed by atoms with van der Waals surface area (Å²) in [7, 11) is 3.99. The van der Waals surface area contributed by atoms with Gasteiger partial charge in [-0.25, -0.2) is 4.68 Å². The van der Waals surface area contributed by atoms with E-state index in [1.165, 1.54) is 0 Å². The molecule has 1 unspecified atom stereocenters. The number of nitrogens with zero attached hydrogens (tertiary/aromatic N) is 5. The molecule has 0 radical (unpaired) electrons. The van der Waals surface area contributed by atoms with E-state index in [4.69, 9.17) is 5.73 Å². The highest BCUT2D eigenvalue weighted by atomic mass is 15.6. The molecule has 6 heteroatoms. The van der Waals surface area contributed by atoms with Gasteiger partial charge in [0.15, 0.2) is 0 Å². The second kappa shape index (κ2) is 3.48. The first kappa shape index (κ1) is 8.92. The lowest BCUT2D eigenvalue weighted by Gasteiger charge is -2.16. The van der Waals surface area contributed by atoms with Gasteiger partial charge in [-0.05, 0) is 31.4 Å². The fraction of sp³-hybridized carbons (Fsp3) is 0.833. The molecule has 0 aromatic carbocycles. The molecule has 0 fully saturated rings. The number of anilines is 1. The SMILES string of the molecule is CC(CN(C)C)n1nnnc1N. The van der Waals surface area contributed by atoms with Gasteiger partial charge in [0.2, 0.25) is 5.95 Å². The van der Waals surface area contributed by atoms with Crippen LogP contribution >= 0.6 is 0 Å². The second-order valence-corrected chi connectivity index (χ2v) is 3.09. The molecule has 0 bridgehead atoms. The normalized spacial score (nSPS) is 13.7. The van der Waals surface area contributed by atoms with Crippen LogP contribution in [-0.2, 0) is 0 Å². The van der Waals surface area contributed by atoms with Crippen molar-refractivity contribution in [1.29, 1.82) is 0 Å². The third kappa shape index (κ3) is 1.91.